The van der Waals surface area contributed by atoms with Gasteiger partial charge < -0.3 is 5.32 Å². The Balaban J connectivity index is 2.06. The van der Waals surface area contributed by atoms with E-state index in [1.165, 1.54) is 19.3 Å². The normalized spacial score (nSPS) is 46.5. The molecular formula is C13H25N. The van der Waals surface area contributed by atoms with Crippen molar-refractivity contribution in [3.05, 3.63) is 0 Å². The molecule has 0 amide bonds. The van der Waals surface area contributed by atoms with Gasteiger partial charge in [0.2, 0.25) is 0 Å². The smallest absolute Gasteiger partial charge is 0.0126 e. The summed E-state index contributed by atoms with van der Waals surface area (Å²) in [7, 11) is 2.15. The number of hydrogen-bond donors (Lipinski definition) is 1. The lowest BCUT2D eigenvalue weighted by Gasteiger charge is -2.37. The minimum Gasteiger partial charge on any atom is -0.316 e. The van der Waals surface area contributed by atoms with Crippen LogP contribution in [-0.4, -0.2) is 13.1 Å². The second kappa shape index (κ2) is 3.84. The van der Waals surface area contributed by atoms with Gasteiger partial charge in [0.15, 0.2) is 0 Å². The van der Waals surface area contributed by atoms with Gasteiger partial charge in [-0.25, -0.2) is 0 Å². The van der Waals surface area contributed by atoms with Gasteiger partial charge in [-0.05, 0) is 49.5 Å². The first kappa shape index (κ1) is 10.5. The maximum atomic E-state index is 3.57. The van der Waals surface area contributed by atoms with Crippen LogP contribution in [0.25, 0.3) is 0 Å². The van der Waals surface area contributed by atoms with E-state index in [4.69, 9.17) is 0 Å². The zero-order chi connectivity index (χ0) is 10.3. The highest BCUT2D eigenvalue weighted by molar-refractivity contribution is 5.05. The molecule has 2 fully saturated rings. The number of rotatable bonds is 3. The van der Waals surface area contributed by atoms with Gasteiger partial charge in [-0.15, -0.1) is 0 Å². The number of hydrogen-bond acceptors (Lipinski definition) is 1. The summed E-state index contributed by atoms with van der Waals surface area (Å²) in [4.78, 5) is 0. The minimum atomic E-state index is 0.822. The Hall–Kier alpha value is -0.0400. The molecule has 5 unspecified atom stereocenters. The summed E-state index contributed by atoms with van der Waals surface area (Å²) in [6.07, 6.45) is 4.38. The molecule has 0 saturated heterocycles. The average molecular weight is 195 g/mol. The SMILES string of the molecule is CCC1CC(C(C)C)C(NC)C2CC12. The number of nitrogens with one attached hydrogen (secondary N) is 1. The summed E-state index contributed by atoms with van der Waals surface area (Å²) in [6, 6.07) is 0.822. The molecule has 1 heteroatoms. The lowest BCUT2D eigenvalue weighted by Crippen LogP contribution is -2.43. The first-order valence-electron chi connectivity index (χ1n) is 6.36. The fraction of sp³-hybridized carbons (Fsp3) is 1.00. The summed E-state index contributed by atoms with van der Waals surface area (Å²) in [5.41, 5.74) is 0. The summed E-state index contributed by atoms with van der Waals surface area (Å²) >= 11 is 0. The summed E-state index contributed by atoms with van der Waals surface area (Å²) in [6.45, 7) is 7.16. The summed E-state index contributed by atoms with van der Waals surface area (Å²) < 4.78 is 0. The standard InChI is InChI=1S/C13H25N/c1-5-9-6-10(8(2)3)13(14-4)12-7-11(9)12/h8-14H,5-7H2,1-4H3. The highest BCUT2D eigenvalue weighted by Gasteiger charge is 2.53. The zero-order valence-corrected chi connectivity index (χ0v) is 10.1. The molecule has 82 valence electrons. The predicted octanol–water partition coefficient (Wildman–Crippen LogP) is 2.91. The Morgan fingerprint density at radius 1 is 1.21 bits per heavy atom. The molecule has 5 atom stereocenters. The highest BCUT2D eigenvalue weighted by atomic mass is 14.9. The largest absolute Gasteiger partial charge is 0.316 e. The van der Waals surface area contributed by atoms with Gasteiger partial charge >= 0.3 is 0 Å². The van der Waals surface area contributed by atoms with Crippen LogP contribution in [0.15, 0.2) is 0 Å². The van der Waals surface area contributed by atoms with Gasteiger partial charge in [0.05, 0.1) is 0 Å². The van der Waals surface area contributed by atoms with E-state index in [1.54, 1.807) is 0 Å². The Labute approximate surface area is 88.7 Å². The molecular weight excluding hydrogens is 170 g/mol. The lowest BCUT2D eigenvalue weighted by molar-refractivity contribution is 0.151. The molecule has 1 nitrogen and oxygen atoms in total. The summed E-state index contributed by atoms with van der Waals surface area (Å²) in [5, 5.41) is 3.57. The van der Waals surface area contributed by atoms with E-state index in [1.807, 2.05) is 0 Å². The van der Waals surface area contributed by atoms with Gasteiger partial charge in [-0.3, -0.25) is 0 Å². The molecule has 0 aromatic rings. The van der Waals surface area contributed by atoms with Gasteiger partial charge in [-0.1, -0.05) is 27.2 Å². The van der Waals surface area contributed by atoms with E-state index in [2.05, 4.69) is 33.1 Å². The van der Waals surface area contributed by atoms with E-state index in [0.717, 1.165) is 35.6 Å². The maximum absolute atomic E-state index is 3.57. The maximum Gasteiger partial charge on any atom is 0.0126 e. The van der Waals surface area contributed by atoms with Gasteiger partial charge in [-0.2, -0.15) is 0 Å². The second-order valence-corrected chi connectivity index (χ2v) is 5.69. The van der Waals surface area contributed by atoms with E-state index in [-0.39, 0.29) is 0 Å². The molecule has 2 aliphatic carbocycles. The monoisotopic (exact) mass is 195 g/mol. The molecule has 0 spiro atoms. The molecule has 0 aromatic carbocycles. The third kappa shape index (κ3) is 1.60. The van der Waals surface area contributed by atoms with Crippen LogP contribution in [0, 0.1) is 29.6 Å². The molecule has 14 heavy (non-hydrogen) atoms. The van der Waals surface area contributed by atoms with Crippen molar-refractivity contribution in [1.82, 2.24) is 5.32 Å². The van der Waals surface area contributed by atoms with Crippen LogP contribution in [0.4, 0.5) is 0 Å². The van der Waals surface area contributed by atoms with E-state index >= 15 is 0 Å². The Bertz CT molecular complexity index is 199. The first-order valence-corrected chi connectivity index (χ1v) is 6.36. The van der Waals surface area contributed by atoms with Crippen LogP contribution >= 0.6 is 0 Å². The van der Waals surface area contributed by atoms with Crippen LogP contribution in [0.3, 0.4) is 0 Å². The molecule has 0 radical (unpaired) electrons. The van der Waals surface area contributed by atoms with Crippen LogP contribution in [0.5, 0.6) is 0 Å². The zero-order valence-electron chi connectivity index (χ0n) is 10.1. The van der Waals surface area contributed by atoms with Crippen LogP contribution in [0.2, 0.25) is 0 Å². The minimum absolute atomic E-state index is 0.822. The van der Waals surface area contributed by atoms with Gasteiger partial charge in [0.1, 0.15) is 0 Å². The van der Waals surface area contributed by atoms with E-state index in [9.17, 15) is 0 Å². The van der Waals surface area contributed by atoms with Gasteiger partial charge in [0.25, 0.3) is 0 Å². The highest BCUT2D eigenvalue weighted by Crippen LogP contribution is 2.56. The first-order chi connectivity index (χ1) is 6.69. The predicted molar refractivity (Wildman–Crippen MR) is 61.2 cm³/mol. The number of fused-ring (bicyclic) bond motifs is 1. The van der Waals surface area contributed by atoms with E-state index in [0.29, 0.717) is 0 Å². The molecule has 2 aliphatic rings. The van der Waals surface area contributed by atoms with Crippen molar-refractivity contribution in [3.63, 3.8) is 0 Å². The average Bonchev–Trinajstić information content (AvgIpc) is 2.94. The summed E-state index contributed by atoms with van der Waals surface area (Å²) in [5.74, 6) is 4.91. The van der Waals surface area contributed by atoms with Crippen molar-refractivity contribution in [2.75, 3.05) is 7.05 Å². The molecule has 0 bridgehead atoms. The Morgan fingerprint density at radius 2 is 1.93 bits per heavy atom. The molecule has 0 aliphatic heterocycles. The second-order valence-electron chi connectivity index (χ2n) is 5.69. The third-order valence-electron chi connectivity index (χ3n) is 4.71. The molecule has 2 rings (SSSR count). The molecule has 1 N–H and O–H groups in total. The van der Waals surface area contributed by atoms with Crippen LogP contribution in [-0.2, 0) is 0 Å². The Morgan fingerprint density at radius 3 is 2.43 bits per heavy atom. The van der Waals surface area contributed by atoms with Gasteiger partial charge in [0, 0.05) is 6.04 Å². The molecule has 2 saturated carbocycles. The lowest BCUT2D eigenvalue weighted by atomic mass is 9.72. The fourth-order valence-corrected chi connectivity index (χ4v) is 3.76. The quantitative estimate of drug-likeness (QED) is 0.730. The van der Waals surface area contributed by atoms with E-state index < -0.39 is 0 Å². The third-order valence-corrected chi connectivity index (χ3v) is 4.71. The van der Waals surface area contributed by atoms with Crippen molar-refractivity contribution < 1.29 is 0 Å². The van der Waals surface area contributed by atoms with Crippen LogP contribution < -0.4 is 5.32 Å². The topological polar surface area (TPSA) is 12.0 Å². The van der Waals surface area contributed by atoms with Crippen molar-refractivity contribution in [2.45, 2.75) is 46.1 Å². The van der Waals surface area contributed by atoms with Crippen LogP contribution in [0.1, 0.15) is 40.0 Å². The van der Waals surface area contributed by atoms with Crippen molar-refractivity contribution >= 4 is 0 Å². The molecule has 0 heterocycles. The van der Waals surface area contributed by atoms with Crippen molar-refractivity contribution in [3.8, 4) is 0 Å². The van der Waals surface area contributed by atoms with Crippen molar-refractivity contribution in [2.24, 2.45) is 29.6 Å². The van der Waals surface area contributed by atoms with Crippen molar-refractivity contribution in [1.29, 1.82) is 0 Å². The fourth-order valence-electron chi connectivity index (χ4n) is 3.76. The molecule has 0 aromatic heterocycles. The Kier molecular flexibility index (Phi) is 2.88.